The van der Waals surface area contributed by atoms with E-state index in [0.717, 1.165) is 23.6 Å². The number of nitrogens with zero attached hydrogens (tertiary/aromatic N) is 4. The Labute approximate surface area is 128 Å². The predicted molar refractivity (Wildman–Crippen MR) is 81.1 cm³/mol. The maximum atomic E-state index is 12.4. The molecule has 1 aliphatic rings. The van der Waals surface area contributed by atoms with Gasteiger partial charge in [-0.2, -0.15) is 5.10 Å². The van der Waals surface area contributed by atoms with Gasteiger partial charge in [-0.1, -0.05) is 0 Å². The van der Waals surface area contributed by atoms with Gasteiger partial charge >= 0.3 is 6.03 Å². The van der Waals surface area contributed by atoms with E-state index in [1.165, 1.54) is 0 Å². The molecule has 0 spiro atoms. The van der Waals surface area contributed by atoms with Crippen molar-refractivity contribution >= 4 is 6.03 Å². The Balaban J connectivity index is 1.60. The van der Waals surface area contributed by atoms with E-state index in [1.54, 1.807) is 12.4 Å². The highest BCUT2D eigenvalue weighted by atomic mass is 16.2. The van der Waals surface area contributed by atoms with E-state index in [9.17, 15) is 4.79 Å². The summed E-state index contributed by atoms with van der Waals surface area (Å²) in [6, 6.07) is 0.0513. The number of nitrogens with one attached hydrogen (secondary N) is 3. The van der Waals surface area contributed by atoms with Crippen molar-refractivity contribution < 1.29 is 4.79 Å². The number of imidazole rings is 1. The van der Waals surface area contributed by atoms with E-state index < -0.39 is 0 Å². The second-order valence-electron chi connectivity index (χ2n) is 5.60. The first-order valence-corrected chi connectivity index (χ1v) is 7.36. The first kappa shape index (κ1) is 14.6. The molecule has 1 saturated heterocycles. The largest absolute Gasteiger partial charge is 0.347 e. The van der Waals surface area contributed by atoms with Gasteiger partial charge in [-0.15, -0.1) is 0 Å². The molecule has 3 rings (SSSR count). The van der Waals surface area contributed by atoms with Gasteiger partial charge in [0.05, 0.1) is 12.2 Å². The first-order chi connectivity index (χ1) is 10.6. The summed E-state index contributed by atoms with van der Waals surface area (Å²) in [5.41, 5.74) is 1.98. The SMILES string of the molecule is Cc1[nH]ncc1CNC(=O)N1CCN(C)[C@@H](c2ncc[nH]2)C1. The molecule has 8 heteroatoms. The van der Waals surface area contributed by atoms with Crippen molar-refractivity contribution in [3.05, 3.63) is 35.7 Å². The van der Waals surface area contributed by atoms with Gasteiger partial charge in [0, 0.05) is 49.8 Å². The van der Waals surface area contributed by atoms with Gasteiger partial charge < -0.3 is 15.2 Å². The number of hydrogen-bond donors (Lipinski definition) is 3. The van der Waals surface area contributed by atoms with E-state index in [1.807, 2.05) is 18.0 Å². The summed E-state index contributed by atoms with van der Waals surface area (Å²) >= 11 is 0. The second kappa shape index (κ2) is 6.18. The fraction of sp³-hybridized carbons (Fsp3) is 0.500. The number of rotatable bonds is 3. The highest BCUT2D eigenvalue weighted by molar-refractivity contribution is 5.74. The fourth-order valence-electron chi connectivity index (χ4n) is 2.65. The summed E-state index contributed by atoms with van der Waals surface area (Å²) in [6.07, 6.45) is 5.29. The molecule has 3 heterocycles. The third-order valence-electron chi connectivity index (χ3n) is 4.13. The molecule has 2 aromatic rings. The van der Waals surface area contributed by atoms with Crippen molar-refractivity contribution in [2.45, 2.75) is 19.5 Å². The molecule has 0 bridgehead atoms. The lowest BCUT2D eigenvalue weighted by atomic mass is 10.1. The van der Waals surface area contributed by atoms with E-state index in [2.05, 4.69) is 37.4 Å². The minimum absolute atomic E-state index is 0.0507. The number of carbonyl (C=O) groups is 1. The summed E-state index contributed by atoms with van der Waals surface area (Å²) in [4.78, 5) is 23.9. The van der Waals surface area contributed by atoms with Crippen LogP contribution < -0.4 is 5.32 Å². The van der Waals surface area contributed by atoms with Crippen molar-refractivity contribution in [1.82, 2.24) is 35.3 Å². The number of aryl methyl sites for hydroxylation is 1. The van der Waals surface area contributed by atoms with Crippen molar-refractivity contribution in [2.24, 2.45) is 0 Å². The lowest BCUT2D eigenvalue weighted by Gasteiger charge is -2.38. The van der Waals surface area contributed by atoms with Crippen LogP contribution in [-0.2, 0) is 6.54 Å². The van der Waals surface area contributed by atoms with E-state index in [4.69, 9.17) is 0 Å². The van der Waals surface area contributed by atoms with Crippen LogP contribution in [0.3, 0.4) is 0 Å². The lowest BCUT2D eigenvalue weighted by molar-refractivity contribution is 0.106. The second-order valence-corrected chi connectivity index (χ2v) is 5.60. The molecule has 1 aliphatic heterocycles. The maximum Gasteiger partial charge on any atom is 0.317 e. The third kappa shape index (κ3) is 2.96. The van der Waals surface area contributed by atoms with Crippen LogP contribution >= 0.6 is 0 Å². The quantitative estimate of drug-likeness (QED) is 0.776. The monoisotopic (exact) mass is 303 g/mol. The van der Waals surface area contributed by atoms with Crippen LogP contribution in [0.5, 0.6) is 0 Å². The molecule has 118 valence electrons. The van der Waals surface area contributed by atoms with Gasteiger partial charge in [-0.3, -0.25) is 10.00 Å². The van der Waals surface area contributed by atoms with Crippen LogP contribution in [-0.4, -0.2) is 62.7 Å². The Kier molecular flexibility index (Phi) is 4.10. The number of hydrogen-bond acceptors (Lipinski definition) is 4. The highest BCUT2D eigenvalue weighted by Crippen LogP contribution is 2.20. The standard InChI is InChI=1S/C14H21N7O/c1-10-11(8-18-19-10)7-17-14(22)21-6-5-20(2)12(9-21)13-15-3-4-16-13/h3-4,8,12H,5-7,9H2,1-2H3,(H,15,16)(H,17,22)(H,18,19)/t12-/m1/s1. The highest BCUT2D eigenvalue weighted by Gasteiger charge is 2.29. The predicted octanol–water partition coefficient (Wildman–Crippen LogP) is 0.640. The number of H-pyrrole nitrogens is 2. The zero-order valence-corrected chi connectivity index (χ0v) is 12.8. The summed E-state index contributed by atoms with van der Waals surface area (Å²) < 4.78 is 0. The van der Waals surface area contributed by atoms with Gasteiger partial charge in [0.2, 0.25) is 0 Å². The van der Waals surface area contributed by atoms with Crippen LogP contribution in [0.1, 0.15) is 23.1 Å². The Hall–Kier alpha value is -2.35. The molecule has 22 heavy (non-hydrogen) atoms. The summed E-state index contributed by atoms with van der Waals surface area (Å²) in [6.45, 7) is 4.59. The molecule has 2 aromatic heterocycles. The van der Waals surface area contributed by atoms with Gasteiger partial charge in [-0.25, -0.2) is 9.78 Å². The number of aromatic amines is 2. The topological polar surface area (TPSA) is 92.9 Å². The van der Waals surface area contributed by atoms with Crippen molar-refractivity contribution in [2.75, 3.05) is 26.7 Å². The van der Waals surface area contributed by atoms with Crippen molar-refractivity contribution in [3.63, 3.8) is 0 Å². The minimum atomic E-state index is -0.0507. The van der Waals surface area contributed by atoms with Crippen LogP contribution in [0.15, 0.2) is 18.6 Å². The van der Waals surface area contributed by atoms with E-state index in [0.29, 0.717) is 19.6 Å². The molecule has 0 unspecified atom stereocenters. The maximum absolute atomic E-state index is 12.4. The number of likely N-dealkylation sites (N-methyl/N-ethyl adjacent to an activating group) is 1. The van der Waals surface area contributed by atoms with Gasteiger partial charge in [0.15, 0.2) is 0 Å². The molecular formula is C14H21N7O. The number of piperazine rings is 1. The van der Waals surface area contributed by atoms with Crippen molar-refractivity contribution in [1.29, 1.82) is 0 Å². The minimum Gasteiger partial charge on any atom is -0.347 e. The van der Waals surface area contributed by atoms with Crippen LogP contribution in [0.25, 0.3) is 0 Å². The van der Waals surface area contributed by atoms with Crippen molar-refractivity contribution in [3.8, 4) is 0 Å². The average Bonchev–Trinajstić information content (AvgIpc) is 3.17. The number of carbonyl (C=O) groups excluding carboxylic acids is 1. The van der Waals surface area contributed by atoms with Gasteiger partial charge in [0.25, 0.3) is 0 Å². The molecule has 0 saturated carbocycles. The smallest absolute Gasteiger partial charge is 0.317 e. The summed E-state index contributed by atoms with van der Waals surface area (Å²) in [5, 5.41) is 9.78. The lowest BCUT2D eigenvalue weighted by Crippen LogP contribution is -2.52. The van der Waals surface area contributed by atoms with E-state index >= 15 is 0 Å². The molecule has 8 nitrogen and oxygen atoms in total. The number of urea groups is 1. The van der Waals surface area contributed by atoms with Crippen LogP contribution in [0, 0.1) is 6.92 Å². The Morgan fingerprint density at radius 2 is 2.36 bits per heavy atom. The molecule has 0 aliphatic carbocycles. The molecule has 1 atom stereocenters. The Morgan fingerprint density at radius 3 is 3.05 bits per heavy atom. The molecule has 1 fully saturated rings. The number of amides is 2. The third-order valence-corrected chi connectivity index (χ3v) is 4.13. The molecule has 3 N–H and O–H groups in total. The average molecular weight is 303 g/mol. The Morgan fingerprint density at radius 1 is 1.50 bits per heavy atom. The number of aromatic nitrogens is 4. The van der Waals surface area contributed by atoms with Gasteiger partial charge in [0.1, 0.15) is 5.82 Å². The van der Waals surface area contributed by atoms with E-state index in [-0.39, 0.29) is 12.1 Å². The molecule has 0 aromatic carbocycles. The first-order valence-electron chi connectivity index (χ1n) is 7.36. The van der Waals surface area contributed by atoms with Gasteiger partial charge in [-0.05, 0) is 14.0 Å². The Bertz CT molecular complexity index is 621. The normalized spacial score (nSPS) is 19.4. The fourth-order valence-corrected chi connectivity index (χ4v) is 2.65. The van der Waals surface area contributed by atoms with Crippen LogP contribution in [0.2, 0.25) is 0 Å². The molecule has 2 amide bonds. The van der Waals surface area contributed by atoms with Crippen LogP contribution in [0.4, 0.5) is 4.79 Å². The molecule has 0 radical (unpaired) electrons. The zero-order chi connectivity index (χ0) is 15.5. The molecular weight excluding hydrogens is 282 g/mol. The zero-order valence-electron chi connectivity index (χ0n) is 12.8. The summed E-state index contributed by atoms with van der Waals surface area (Å²) in [5.74, 6) is 0.894. The summed E-state index contributed by atoms with van der Waals surface area (Å²) in [7, 11) is 2.05.